The van der Waals surface area contributed by atoms with Gasteiger partial charge in [0.15, 0.2) is 0 Å². The van der Waals surface area contributed by atoms with Crippen LogP contribution in [0.3, 0.4) is 0 Å². The molecule has 1 nitrogen and oxygen atoms in total. The minimum Gasteiger partial charge on any atom is -0.304 e. The highest BCUT2D eigenvalue weighted by Crippen LogP contribution is 2.11. The van der Waals surface area contributed by atoms with Gasteiger partial charge >= 0.3 is 0 Å². The van der Waals surface area contributed by atoms with Crippen LogP contribution in [0, 0.1) is 0 Å². The quantitative estimate of drug-likeness (QED) is 0.295. The van der Waals surface area contributed by atoms with Gasteiger partial charge in [-0.15, -0.1) is 0 Å². The van der Waals surface area contributed by atoms with Gasteiger partial charge in [-0.2, -0.15) is 0 Å². The molecule has 0 fully saturated rings. The normalized spacial score (nSPS) is 11.4. The van der Waals surface area contributed by atoms with Crippen molar-refractivity contribution in [1.82, 2.24) is 4.90 Å². The summed E-state index contributed by atoms with van der Waals surface area (Å²) in [6.45, 7) is 10.8. The first-order valence-electron chi connectivity index (χ1n) is 9.57. The van der Waals surface area contributed by atoms with Crippen molar-refractivity contribution in [2.75, 3.05) is 19.6 Å². The highest BCUT2D eigenvalue weighted by atomic mass is 15.1. The van der Waals surface area contributed by atoms with Crippen LogP contribution in [0.5, 0.6) is 0 Å². The van der Waals surface area contributed by atoms with Gasteiger partial charge in [-0.05, 0) is 32.5 Å². The van der Waals surface area contributed by atoms with Crippen LogP contribution in [-0.4, -0.2) is 24.5 Å². The summed E-state index contributed by atoms with van der Waals surface area (Å²) in [6, 6.07) is 0. The van der Waals surface area contributed by atoms with E-state index in [0.29, 0.717) is 0 Å². The van der Waals surface area contributed by atoms with Crippen LogP contribution in [0.25, 0.3) is 0 Å². The molecule has 0 rings (SSSR count). The van der Waals surface area contributed by atoms with E-state index in [-0.39, 0.29) is 0 Å². The van der Waals surface area contributed by atoms with E-state index >= 15 is 0 Å². The van der Waals surface area contributed by atoms with Crippen LogP contribution < -0.4 is 0 Å². The Balaban J connectivity index is 3.20. The Morgan fingerprint density at radius 1 is 0.450 bits per heavy atom. The van der Waals surface area contributed by atoms with Gasteiger partial charge in [0.1, 0.15) is 0 Å². The molecule has 0 unspecified atom stereocenters. The maximum Gasteiger partial charge on any atom is -0.00189 e. The molecule has 0 saturated heterocycles. The lowest BCUT2D eigenvalue weighted by molar-refractivity contribution is 0.274. The summed E-state index contributed by atoms with van der Waals surface area (Å²) in [4.78, 5) is 2.64. The molecular weight excluding hydrogens is 242 g/mol. The van der Waals surface area contributed by atoms with Crippen molar-refractivity contribution in [1.29, 1.82) is 0 Å². The summed E-state index contributed by atoms with van der Waals surface area (Å²) < 4.78 is 0. The number of hydrogen-bond donors (Lipinski definition) is 0. The van der Waals surface area contributed by atoms with Crippen molar-refractivity contribution in [2.45, 2.75) is 104 Å². The summed E-state index contributed by atoms with van der Waals surface area (Å²) in [5, 5.41) is 0. The van der Waals surface area contributed by atoms with Gasteiger partial charge in [0.25, 0.3) is 0 Å². The molecule has 20 heavy (non-hydrogen) atoms. The predicted molar refractivity (Wildman–Crippen MR) is 93.5 cm³/mol. The first-order chi connectivity index (χ1) is 9.85. The Hall–Kier alpha value is -0.0400. The van der Waals surface area contributed by atoms with Gasteiger partial charge in [-0.3, -0.25) is 0 Å². The monoisotopic (exact) mass is 283 g/mol. The molecule has 0 amide bonds. The largest absolute Gasteiger partial charge is 0.304 e. The van der Waals surface area contributed by atoms with Crippen LogP contribution in [0.1, 0.15) is 104 Å². The fourth-order valence-electron chi connectivity index (χ4n) is 2.84. The van der Waals surface area contributed by atoms with Crippen molar-refractivity contribution in [3.63, 3.8) is 0 Å². The molecule has 1 heteroatoms. The van der Waals surface area contributed by atoms with E-state index in [2.05, 4.69) is 25.7 Å². The Bertz CT molecular complexity index is 167. The molecule has 0 spiro atoms. The predicted octanol–water partition coefficient (Wildman–Crippen LogP) is 6.42. The van der Waals surface area contributed by atoms with Crippen LogP contribution >= 0.6 is 0 Å². The van der Waals surface area contributed by atoms with Gasteiger partial charge < -0.3 is 4.90 Å². The molecule has 122 valence electrons. The van der Waals surface area contributed by atoms with Gasteiger partial charge in [0.05, 0.1) is 0 Å². The first kappa shape index (κ1) is 20.0. The number of nitrogens with zero attached hydrogens (tertiary/aromatic N) is 1. The third-order valence-corrected chi connectivity index (χ3v) is 4.35. The standard InChI is InChI=1S/C19H41N/c1-4-7-9-10-11-12-13-14-15-17-19-20(6-3)18-16-8-5-2/h4-19H2,1-3H3. The Morgan fingerprint density at radius 2 is 0.800 bits per heavy atom. The first-order valence-corrected chi connectivity index (χ1v) is 9.57. The second-order valence-corrected chi connectivity index (χ2v) is 6.32. The lowest BCUT2D eigenvalue weighted by Crippen LogP contribution is -2.25. The average molecular weight is 284 g/mol. The zero-order valence-corrected chi connectivity index (χ0v) is 14.8. The lowest BCUT2D eigenvalue weighted by atomic mass is 10.1. The van der Waals surface area contributed by atoms with E-state index in [9.17, 15) is 0 Å². The topological polar surface area (TPSA) is 3.24 Å². The minimum atomic E-state index is 1.24. The number of rotatable bonds is 16. The molecule has 0 aromatic rings. The van der Waals surface area contributed by atoms with E-state index in [1.807, 2.05) is 0 Å². The molecule has 0 aliphatic carbocycles. The zero-order valence-electron chi connectivity index (χ0n) is 14.8. The van der Waals surface area contributed by atoms with E-state index in [0.717, 1.165) is 0 Å². The van der Waals surface area contributed by atoms with Crippen LogP contribution in [0.15, 0.2) is 0 Å². The van der Waals surface area contributed by atoms with E-state index < -0.39 is 0 Å². The van der Waals surface area contributed by atoms with Crippen LogP contribution in [-0.2, 0) is 0 Å². The molecule has 0 atom stereocenters. The van der Waals surface area contributed by atoms with E-state index in [1.54, 1.807) is 0 Å². The van der Waals surface area contributed by atoms with Crippen molar-refractivity contribution >= 4 is 0 Å². The van der Waals surface area contributed by atoms with Gasteiger partial charge in [0.2, 0.25) is 0 Å². The molecule has 0 bridgehead atoms. The Kier molecular flexibility index (Phi) is 17.0. The van der Waals surface area contributed by atoms with Crippen molar-refractivity contribution < 1.29 is 0 Å². The molecule has 0 radical (unpaired) electrons. The number of hydrogen-bond acceptors (Lipinski definition) is 1. The van der Waals surface area contributed by atoms with Crippen molar-refractivity contribution in [2.24, 2.45) is 0 Å². The highest BCUT2D eigenvalue weighted by Gasteiger charge is 2.01. The fourth-order valence-corrected chi connectivity index (χ4v) is 2.84. The van der Waals surface area contributed by atoms with Gasteiger partial charge in [-0.25, -0.2) is 0 Å². The summed E-state index contributed by atoms with van der Waals surface area (Å²) in [6.07, 6.45) is 18.6. The zero-order chi connectivity index (χ0) is 14.9. The molecular formula is C19H41N. The molecule has 0 aromatic carbocycles. The highest BCUT2D eigenvalue weighted by molar-refractivity contribution is 4.56. The minimum absolute atomic E-state index is 1.24. The Morgan fingerprint density at radius 3 is 1.25 bits per heavy atom. The van der Waals surface area contributed by atoms with Gasteiger partial charge in [-0.1, -0.05) is 91.4 Å². The second kappa shape index (κ2) is 17.0. The molecule has 0 N–H and O–H groups in total. The third-order valence-electron chi connectivity index (χ3n) is 4.35. The van der Waals surface area contributed by atoms with Crippen LogP contribution in [0.2, 0.25) is 0 Å². The van der Waals surface area contributed by atoms with Crippen molar-refractivity contribution in [3.05, 3.63) is 0 Å². The molecule has 0 heterocycles. The summed E-state index contributed by atoms with van der Waals surface area (Å²) in [5.74, 6) is 0. The SMILES string of the molecule is CCCCCCCCCCCCN(CC)CCCCC. The Labute approximate surface area is 129 Å². The molecule has 0 aromatic heterocycles. The van der Waals surface area contributed by atoms with Gasteiger partial charge in [0, 0.05) is 0 Å². The average Bonchev–Trinajstić information content (AvgIpc) is 2.47. The third kappa shape index (κ3) is 14.4. The summed E-state index contributed by atoms with van der Waals surface area (Å²) >= 11 is 0. The molecule has 0 aliphatic heterocycles. The van der Waals surface area contributed by atoms with E-state index in [1.165, 1.54) is 103 Å². The number of unbranched alkanes of at least 4 members (excludes halogenated alkanes) is 11. The van der Waals surface area contributed by atoms with Crippen LogP contribution in [0.4, 0.5) is 0 Å². The maximum atomic E-state index is 2.64. The summed E-state index contributed by atoms with van der Waals surface area (Å²) in [7, 11) is 0. The smallest absolute Gasteiger partial charge is 0.00189 e. The summed E-state index contributed by atoms with van der Waals surface area (Å²) in [5.41, 5.74) is 0. The molecule has 0 aliphatic rings. The van der Waals surface area contributed by atoms with E-state index in [4.69, 9.17) is 0 Å². The maximum absolute atomic E-state index is 2.64. The lowest BCUT2D eigenvalue weighted by Gasteiger charge is -2.20. The fraction of sp³-hybridized carbons (Fsp3) is 1.00. The second-order valence-electron chi connectivity index (χ2n) is 6.32. The van der Waals surface area contributed by atoms with Crippen molar-refractivity contribution in [3.8, 4) is 0 Å². The molecule has 0 saturated carbocycles.